The Morgan fingerprint density at radius 2 is 2.55 bits per heavy atom. The summed E-state index contributed by atoms with van der Waals surface area (Å²) in [7, 11) is 0. The van der Waals surface area contributed by atoms with Crippen LogP contribution < -0.4 is 5.73 Å². The molecule has 0 saturated carbocycles. The number of hydrogen-bond donors (Lipinski definition) is 1. The molecule has 1 aliphatic rings. The molecule has 1 fully saturated rings. The number of nitrogens with two attached hydrogens (primary N) is 1. The van der Waals surface area contributed by atoms with E-state index in [4.69, 9.17) is 15.2 Å². The van der Waals surface area contributed by atoms with Gasteiger partial charge in [0.2, 0.25) is 5.91 Å². The highest BCUT2D eigenvalue weighted by Crippen LogP contribution is 2.08. The van der Waals surface area contributed by atoms with Crippen molar-refractivity contribution >= 4 is 5.91 Å². The number of hydrogen-bond acceptors (Lipinski definition) is 3. The molecular weight excluding hydrogens is 146 g/mol. The molecule has 1 atom stereocenters. The van der Waals surface area contributed by atoms with Gasteiger partial charge in [0, 0.05) is 6.61 Å². The van der Waals surface area contributed by atoms with E-state index < -0.39 is 5.91 Å². The fourth-order valence-electron chi connectivity index (χ4n) is 1.04. The lowest BCUT2D eigenvalue weighted by molar-refractivity contribution is -0.127. The van der Waals surface area contributed by atoms with Crippen LogP contribution in [-0.2, 0) is 14.3 Å². The second kappa shape index (κ2) is 4.31. The molecule has 1 aliphatic heterocycles. The average molecular weight is 159 g/mol. The van der Waals surface area contributed by atoms with Gasteiger partial charge in [-0.3, -0.25) is 4.79 Å². The molecule has 0 aromatic heterocycles. The summed E-state index contributed by atoms with van der Waals surface area (Å²) in [5, 5.41) is 0. The molecule has 4 nitrogen and oxygen atoms in total. The molecule has 0 bridgehead atoms. The van der Waals surface area contributed by atoms with Crippen molar-refractivity contribution in [2.45, 2.75) is 18.9 Å². The molecule has 0 radical (unpaired) electrons. The first-order chi connectivity index (χ1) is 5.29. The minimum Gasteiger partial charge on any atom is -0.379 e. The molecule has 1 heterocycles. The molecule has 64 valence electrons. The van der Waals surface area contributed by atoms with Gasteiger partial charge < -0.3 is 15.2 Å². The second-order valence-corrected chi connectivity index (χ2v) is 2.62. The number of ether oxygens (including phenoxy) is 2. The van der Waals surface area contributed by atoms with E-state index in [1.54, 1.807) is 0 Å². The molecular formula is C7H13NO3. The van der Waals surface area contributed by atoms with Gasteiger partial charge in [0.05, 0.1) is 12.7 Å². The van der Waals surface area contributed by atoms with E-state index in [0.717, 1.165) is 19.4 Å². The van der Waals surface area contributed by atoms with Gasteiger partial charge in [0.15, 0.2) is 0 Å². The van der Waals surface area contributed by atoms with Crippen molar-refractivity contribution in [1.29, 1.82) is 0 Å². The smallest absolute Gasteiger partial charge is 0.243 e. The zero-order valence-electron chi connectivity index (χ0n) is 6.41. The Morgan fingerprint density at radius 1 is 1.73 bits per heavy atom. The minimum absolute atomic E-state index is 0.00796. The van der Waals surface area contributed by atoms with Gasteiger partial charge in [0.25, 0.3) is 0 Å². The molecule has 0 unspecified atom stereocenters. The molecule has 0 spiro atoms. The minimum atomic E-state index is -0.421. The Morgan fingerprint density at radius 3 is 3.09 bits per heavy atom. The lowest BCUT2D eigenvalue weighted by Gasteiger charge is -2.21. The molecule has 4 heteroatoms. The van der Waals surface area contributed by atoms with Crippen LogP contribution in [0.2, 0.25) is 0 Å². The van der Waals surface area contributed by atoms with Crippen molar-refractivity contribution < 1.29 is 14.3 Å². The van der Waals surface area contributed by atoms with Crippen molar-refractivity contribution in [2.24, 2.45) is 5.73 Å². The Balaban J connectivity index is 2.09. The standard InChI is InChI=1S/C7H13NO3/c8-7(9)5-11-6-2-1-3-10-4-6/h6H,1-5H2,(H2,8,9)/t6-/m1/s1. The van der Waals surface area contributed by atoms with Gasteiger partial charge in [-0.2, -0.15) is 0 Å². The number of rotatable bonds is 3. The summed E-state index contributed by atoms with van der Waals surface area (Å²) in [5.74, 6) is -0.421. The maximum absolute atomic E-state index is 10.3. The number of primary amides is 1. The summed E-state index contributed by atoms with van der Waals surface area (Å²) in [6, 6.07) is 0. The topological polar surface area (TPSA) is 61.6 Å². The Labute approximate surface area is 65.7 Å². The third kappa shape index (κ3) is 3.34. The van der Waals surface area contributed by atoms with Crippen molar-refractivity contribution in [3.8, 4) is 0 Å². The number of carbonyl (C=O) groups excluding carboxylic acids is 1. The molecule has 0 aliphatic carbocycles. The summed E-state index contributed by atoms with van der Waals surface area (Å²) < 4.78 is 10.3. The van der Waals surface area contributed by atoms with Crippen LogP contribution in [0, 0.1) is 0 Å². The molecule has 0 aromatic rings. The first kappa shape index (κ1) is 8.49. The van der Waals surface area contributed by atoms with Crippen LogP contribution in [0.5, 0.6) is 0 Å². The van der Waals surface area contributed by atoms with Gasteiger partial charge in [-0.25, -0.2) is 0 Å². The lowest BCUT2D eigenvalue weighted by atomic mass is 10.2. The van der Waals surface area contributed by atoms with E-state index in [1.807, 2.05) is 0 Å². The van der Waals surface area contributed by atoms with Crippen LogP contribution in [-0.4, -0.2) is 31.8 Å². The second-order valence-electron chi connectivity index (χ2n) is 2.62. The SMILES string of the molecule is NC(=O)CO[C@@H]1CCCOC1. The lowest BCUT2D eigenvalue weighted by Crippen LogP contribution is -2.29. The van der Waals surface area contributed by atoms with E-state index in [0.29, 0.717) is 6.61 Å². The normalized spacial score (nSPS) is 24.9. The zero-order valence-corrected chi connectivity index (χ0v) is 6.41. The van der Waals surface area contributed by atoms with Crippen LogP contribution in [0.25, 0.3) is 0 Å². The van der Waals surface area contributed by atoms with Crippen molar-refractivity contribution in [3.05, 3.63) is 0 Å². The molecule has 1 saturated heterocycles. The van der Waals surface area contributed by atoms with Crippen molar-refractivity contribution in [2.75, 3.05) is 19.8 Å². The predicted octanol–water partition coefficient (Wildman–Crippen LogP) is -0.333. The monoisotopic (exact) mass is 159 g/mol. The van der Waals surface area contributed by atoms with E-state index >= 15 is 0 Å². The number of amides is 1. The van der Waals surface area contributed by atoms with Gasteiger partial charge in [-0.15, -0.1) is 0 Å². The summed E-state index contributed by atoms with van der Waals surface area (Å²) in [4.78, 5) is 10.3. The Bertz CT molecular complexity index is 132. The first-order valence-corrected chi connectivity index (χ1v) is 3.76. The third-order valence-corrected chi connectivity index (χ3v) is 1.58. The van der Waals surface area contributed by atoms with Gasteiger partial charge in [-0.05, 0) is 12.8 Å². The largest absolute Gasteiger partial charge is 0.379 e. The summed E-state index contributed by atoms with van der Waals surface area (Å²) in [6.07, 6.45) is 2.03. The molecule has 0 aromatic carbocycles. The Kier molecular flexibility index (Phi) is 3.32. The van der Waals surface area contributed by atoms with Gasteiger partial charge in [-0.1, -0.05) is 0 Å². The maximum Gasteiger partial charge on any atom is 0.243 e. The highest BCUT2D eigenvalue weighted by atomic mass is 16.5. The van der Waals surface area contributed by atoms with Crippen molar-refractivity contribution in [1.82, 2.24) is 0 Å². The van der Waals surface area contributed by atoms with Gasteiger partial charge >= 0.3 is 0 Å². The molecule has 11 heavy (non-hydrogen) atoms. The summed E-state index contributed by atoms with van der Waals surface area (Å²) in [5.41, 5.74) is 4.90. The predicted molar refractivity (Wildman–Crippen MR) is 39.0 cm³/mol. The highest BCUT2D eigenvalue weighted by Gasteiger charge is 2.14. The zero-order chi connectivity index (χ0) is 8.10. The fourth-order valence-corrected chi connectivity index (χ4v) is 1.04. The molecule has 1 amide bonds. The van der Waals surface area contributed by atoms with Crippen LogP contribution in [0.15, 0.2) is 0 Å². The van der Waals surface area contributed by atoms with Crippen LogP contribution in [0.3, 0.4) is 0 Å². The van der Waals surface area contributed by atoms with E-state index in [1.165, 1.54) is 0 Å². The summed E-state index contributed by atoms with van der Waals surface area (Å²) in [6.45, 7) is 1.40. The molecule has 2 N–H and O–H groups in total. The Hall–Kier alpha value is -0.610. The maximum atomic E-state index is 10.3. The fraction of sp³-hybridized carbons (Fsp3) is 0.857. The number of carbonyl (C=O) groups is 1. The summed E-state index contributed by atoms with van der Waals surface area (Å²) >= 11 is 0. The van der Waals surface area contributed by atoms with Crippen LogP contribution in [0.4, 0.5) is 0 Å². The van der Waals surface area contributed by atoms with E-state index in [2.05, 4.69) is 0 Å². The van der Waals surface area contributed by atoms with Gasteiger partial charge in [0.1, 0.15) is 6.61 Å². The average Bonchev–Trinajstić information content (AvgIpc) is 2.03. The first-order valence-electron chi connectivity index (χ1n) is 3.76. The third-order valence-electron chi connectivity index (χ3n) is 1.58. The van der Waals surface area contributed by atoms with Crippen LogP contribution in [0.1, 0.15) is 12.8 Å². The molecule has 1 rings (SSSR count). The van der Waals surface area contributed by atoms with E-state index in [9.17, 15) is 4.79 Å². The van der Waals surface area contributed by atoms with Crippen LogP contribution >= 0.6 is 0 Å². The quantitative estimate of drug-likeness (QED) is 0.613. The van der Waals surface area contributed by atoms with E-state index in [-0.39, 0.29) is 12.7 Å². The highest BCUT2D eigenvalue weighted by molar-refractivity contribution is 5.74. The van der Waals surface area contributed by atoms with Crippen molar-refractivity contribution in [3.63, 3.8) is 0 Å².